The second-order valence-corrected chi connectivity index (χ2v) is 16.6. The molecule has 0 aliphatic heterocycles. The predicted molar refractivity (Wildman–Crippen MR) is 84.2 cm³/mol. The average molecular weight is 274 g/mol. The van der Waals surface area contributed by atoms with Gasteiger partial charge in [-0.15, -0.1) is 0 Å². The average Bonchev–Trinajstić information content (AvgIpc) is 2.08. The minimum absolute atomic E-state index is 0.197. The fourth-order valence-corrected chi connectivity index (χ4v) is 3.03. The van der Waals surface area contributed by atoms with E-state index in [9.17, 15) is 0 Å². The Morgan fingerprint density at radius 1 is 1.12 bits per heavy atom. The summed E-state index contributed by atoms with van der Waals surface area (Å²) in [6.45, 7) is 20.4. The van der Waals surface area contributed by atoms with E-state index in [0.29, 0.717) is 0 Å². The van der Waals surface area contributed by atoms with Gasteiger partial charge in [0.2, 0.25) is 0 Å². The molecule has 0 spiro atoms. The van der Waals surface area contributed by atoms with E-state index in [1.807, 2.05) is 0 Å². The van der Waals surface area contributed by atoms with E-state index in [1.54, 1.807) is 0 Å². The highest BCUT2D eigenvalue weighted by molar-refractivity contribution is 6.75. The SMILES string of the molecule is CC[C@@H](/C=N/[Si](C)(C)C)O[Si](C)(C)C(C)(C)C. The van der Waals surface area contributed by atoms with E-state index in [4.69, 9.17) is 9.08 Å². The van der Waals surface area contributed by atoms with Gasteiger partial charge in [0.25, 0.3) is 0 Å². The molecule has 0 radical (unpaired) electrons. The van der Waals surface area contributed by atoms with Crippen LogP contribution in [0.3, 0.4) is 0 Å². The monoisotopic (exact) mass is 273 g/mol. The highest BCUT2D eigenvalue weighted by atomic mass is 28.4. The van der Waals surface area contributed by atoms with Crippen molar-refractivity contribution < 1.29 is 4.43 Å². The predicted octanol–water partition coefficient (Wildman–Crippen LogP) is 4.69. The summed E-state index contributed by atoms with van der Waals surface area (Å²) < 4.78 is 11.1. The van der Waals surface area contributed by atoms with Crippen molar-refractivity contribution in [2.75, 3.05) is 0 Å². The van der Waals surface area contributed by atoms with Gasteiger partial charge in [0.05, 0.1) is 6.10 Å². The van der Waals surface area contributed by atoms with Crippen LogP contribution in [0.5, 0.6) is 0 Å². The molecule has 0 amide bonds. The second-order valence-electron chi connectivity index (χ2n) is 7.27. The summed E-state index contributed by atoms with van der Waals surface area (Å²) >= 11 is 0. The van der Waals surface area contributed by atoms with E-state index in [-0.39, 0.29) is 11.1 Å². The molecule has 0 N–H and O–H groups in total. The Balaban J connectivity index is 4.68. The molecule has 4 heteroatoms. The summed E-state index contributed by atoms with van der Waals surface area (Å²) in [6.07, 6.45) is 3.27. The third-order valence-electron chi connectivity index (χ3n) is 3.28. The molecule has 0 fully saturated rings. The minimum atomic E-state index is -1.66. The molecule has 1 atom stereocenters. The van der Waals surface area contributed by atoms with Gasteiger partial charge in [0.15, 0.2) is 16.6 Å². The quantitative estimate of drug-likeness (QED) is 0.526. The molecule has 2 nitrogen and oxygen atoms in total. The lowest BCUT2D eigenvalue weighted by atomic mass is 10.2. The maximum atomic E-state index is 6.36. The van der Waals surface area contributed by atoms with Gasteiger partial charge in [-0.1, -0.05) is 27.7 Å². The van der Waals surface area contributed by atoms with Crippen LogP contribution in [0, 0.1) is 0 Å². The molecule has 17 heavy (non-hydrogen) atoms. The molecule has 0 unspecified atom stereocenters. The molecule has 0 heterocycles. The van der Waals surface area contributed by atoms with Crippen molar-refractivity contribution in [1.29, 1.82) is 0 Å². The summed E-state index contributed by atoms with van der Waals surface area (Å²) in [5.74, 6) is 0. The van der Waals surface area contributed by atoms with Crippen molar-refractivity contribution in [1.82, 2.24) is 0 Å². The van der Waals surface area contributed by atoms with Crippen LogP contribution in [0.15, 0.2) is 4.66 Å². The van der Waals surface area contributed by atoms with Gasteiger partial charge in [-0.2, -0.15) is 0 Å². The van der Waals surface area contributed by atoms with Gasteiger partial charge in [-0.3, -0.25) is 0 Å². The second kappa shape index (κ2) is 5.80. The lowest BCUT2D eigenvalue weighted by Gasteiger charge is -2.38. The topological polar surface area (TPSA) is 21.6 Å². The smallest absolute Gasteiger partial charge is 0.192 e. The third-order valence-corrected chi connectivity index (χ3v) is 8.71. The van der Waals surface area contributed by atoms with Gasteiger partial charge >= 0.3 is 0 Å². The largest absolute Gasteiger partial charge is 0.409 e. The molecule has 0 aromatic carbocycles. The van der Waals surface area contributed by atoms with Gasteiger partial charge < -0.3 is 9.08 Å². The molecule has 0 saturated heterocycles. The molecule has 0 rings (SSSR count). The number of hydrogen-bond donors (Lipinski definition) is 0. The van der Waals surface area contributed by atoms with Gasteiger partial charge in [0.1, 0.15) is 0 Å². The Hall–Kier alpha value is 0.0638. The van der Waals surface area contributed by atoms with Gasteiger partial charge in [0, 0.05) is 6.21 Å². The Morgan fingerprint density at radius 3 is 1.88 bits per heavy atom. The summed E-state index contributed by atoms with van der Waals surface area (Å²) in [5.41, 5.74) is 0. The Labute approximate surface area is 110 Å². The molecule has 0 aromatic heterocycles. The summed E-state index contributed by atoms with van der Waals surface area (Å²) in [5, 5.41) is 0.271. The van der Waals surface area contributed by atoms with Gasteiger partial charge in [-0.25, -0.2) is 0 Å². The zero-order valence-electron chi connectivity index (χ0n) is 13.2. The zero-order chi connectivity index (χ0) is 13.9. The molecule has 102 valence electrons. The fourth-order valence-electron chi connectivity index (χ4n) is 1.08. The Morgan fingerprint density at radius 2 is 1.59 bits per heavy atom. The van der Waals surface area contributed by atoms with Crippen LogP contribution in [-0.2, 0) is 4.43 Å². The Kier molecular flexibility index (Phi) is 5.82. The summed E-state index contributed by atoms with van der Waals surface area (Å²) in [6, 6.07) is 0. The van der Waals surface area contributed by atoms with Crippen molar-refractivity contribution in [2.24, 2.45) is 4.66 Å². The molecule has 0 aromatic rings. The van der Waals surface area contributed by atoms with E-state index < -0.39 is 16.6 Å². The first-order valence-electron chi connectivity index (χ1n) is 6.62. The number of nitrogens with zero attached hydrogens (tertiary/aromatic N) is 1. The van der Waals surface area contributed by atoms with Crippen LogP contribution in [-0.4, -0.2) is 28.9 Å². The summed E-state index contributed by atoms with van der Waals surface area (Å²) in [7, 11) is -3.01. The normalized spacial score (nSPS) is 16.5. The van der Waals surface area contributed by atoms with Crippen molar-refractivity contribution >= 4 is 22.8 Å². The highest BCUT2D eigenvalue weighted by Crippen LogP contribution is 2.37. The van der Waals surface area contributed by atoms with E-state index >= 15 is 0 Å². The van der Waals surface area contributed by atoms with Crippen molar-refractivity contribution in [2.45, 2.75) is 78.0 Å². The van der Waals surface area contributed by atoms with Crippen LogP contribution in [0.4, 0.5) is 0 Å². The summed E-state index contributed by atoms with van der Waals surface area (Å²) in [4.78, 5) is 0. The van der Waals surface area contributed by atoms with Crippen molar-refractivity contribution in [3.05, 3.63) is 0 Å². The molecule has 0 saturated carbocycles. The fraction of sp³-hybridized carbons (Fsp3) is 0.923. The number of rotatable bonds is 5. The first-order chi connectivity index (χ1) is 7.39. The molecular formula is C13H31NOSi2. The van der Waals surface area contributed by atoms with Crippen LogP contribution in [0.1, 0.15) is 34.1 Å². The maximum Gasteiger partial charge on any atom is 0.192 e. The molecule has 0 aliphatic carbocycles. The Bertz CT molecular complexity index is 262. The van der Waals surface area contributed by atoms with Crippen molar-refractivity contribution in [3.8, 4) is 0 Å². The maximum absolute atomic E-state index is 6.36. The molecule has 0 aliphatic rings. The van der Waals surface area contributed by atoms with Crippen molar-refractivity contribution in [3.63, 3.8) is 0 Å². The van der Waals surface area contributed by atoms with Crippen LogP contribution in [0.2, 0.25) is 37.8 Å². The standard InChI is InChI=1S/C13H31NOSi2/c1-10-12(11-14-16(5,6)7)15-17(8,9)13(2,3)4/h11-12H,10H2,1-9H3/b14-11+/t12-/m0/s1. The third kappa shape index (κ3) is 6.53. The van der Waals surface area contributed by atoms with E-state index in [0.717, 1.165) is 6.42 Å². The zero-order valence-corrected chi connectivity index (χ0v) is 15.2. The van der Waals surface area contributed by atoms with Crippen LogP contribution >= 0.6 is 0 Å². The number of hydrogen-bond acceptors (Lipinski definition) is 2. The van der Waals surface area contributed by atoms with Gasteiger partial charge in [-0.05, 0) is 44.2 Å². The first-order valence-corrected chi connectivity index (χ1v) is 13.0. The van der Waals surface area contributed by atoms with Crippen LogP contribution in [0.25, 0.3) is 0 Å². The van der Waals surface area contributed by atoms with E-state index in [1.165, 1.54) is 0 Å². The van der Waals surface area contributed by atoms with E-state index in [2.05, 4.69) is 66.6 Å². The lowest BCUT2D eigenvalue weighted by Crippen LogP contribution is -2.44. The molecular weight excluding hydrogens is 242 g/mol. The minimum Gasteiger partial charge on any atom is -0.409 e. The highest BCUT2D eigenvalue weighted by Gasteiger charge is 2.38. The molecule has 0 bridgehead atoms. The first kappa shape index (κ1) is 17.1. The van der Waals surface area contributed by atoms with Crippen LogP contribution < -0.4 is 0 Å². The lowest BCUT2D eigenvalue weighted by molar-refractivity contribution is 0.242.